The van der Waals surface area contributed by atoms with Gasteiger partial charge in [-0.15, -0.1) is 0 Å². The summed E-state index contributed by atoms with van der Waals surface area (Å²) < 4.78 is 0.176. The van der Waals surface area contributed by atoms with Crippen molar-refractivity contribution in [2.45, 2.75) is 0 Å². The molecule has 0 fully saturated rings. The number of fused-ring (bicyclic) bond motifs is 1. The number of benzene rings is 1. The Morgan fingerprint density at radius 2 is 2.07 bits per heavy atom. The average Bonchev–Trinajstić information content (AvgIpc) is 2.16. The van der Waals surface area contributed by atoms with Gasteiger partial charge >= 0.3 is 5.97 Å². The van der Waals surface area contributed by atoms with Gasteiger partial charge in [0.1, 0.15) is 0 Å². The van der Waals surface area contributed by atoms with E-state index in [0.29, 0.717) is 10.9 Å². The van der Waals surface area contributed by atoms with Crippen LogP contribution >= 0.6 is 12.2 Å². The Morgan fingerprint density at radius 3 is 2.73 bits per heavy atom. The second-order valence-corrected chi connectivity index (χ2v) is 3.38. The van der Waals surface area contributed by atoms with Crippen LogP contribution in [0.15, 0.2) is 23.0 Å². The number of rotatable bonds is 1. The van der Waals surface area contributed by atoms with Gasteiger partial charge in [-0.2, -0.15) is 0 Å². The summed E-state index contributed by atoms with van der Waals surface area (Å²) in [6, 6.07) is 4.20. The van der Waals surface area contributed by atoms with E-state index in [9.17, 15) is 9.59 Å². The molecule has 0 saturated carbocycles. The zero-order chi connectivity index (χ0) is 11.0. The third-order valence-corrected chi connectivity index (χ3v) is 2.19. The van der Waals surface area contributed by atoms with Crippen LogP contribution in [0.2, 0.25) is 0 Å². The molecular weight excluding hydrogens is 216 g/mol. The molecule has 2 rings (SSSR count). The number of H-pyrrole nitrogens is 2. The Morgan fingerprint density at radius 1 is 1.33 bits per heavy atom. The van der Waals surface area contributed by atoms with E-state index < -0.39 is 5.97 Å². The van der Waals surface area contributed by atoms with Gasteiger partial charge in [-0.1, -0.05) is 0 Å². The van der Waals surface area contributed by atoms with Crippen LogP contribution in [-0.4, -0.2) is 21.0 Å². The first kappa shape index (κ1) is 9.60. The summed E-state index contributed by atoms with van der Waals surface area (Å²) in [5, 5.41) is 9.14. The van der Waals surface area contributed by atoms with Crippen molar-refractivity contribution in [2.75, 3.05) is 0 Å². The molecular formula is C9H6N2O3S. The molecule has 2 aromatic rings. The van der Waals surface area contributed by atoms with Crippen LogP contribution < -0.4 is 5.56 Å². The van der Waals surface area contributed by atoms with Crippen molar-refractivity contribution in [3.8, 4) is 0 Å². The lowest BCUT2D eigenvalue weighted by Crippen LogP contribution is -2.08. The second kappa shape index (κ2) is 3.32. The number of carbonyl (C=O) groups is 1. The van der Waals surface area contributed by atoms with Gasteiger partial charge in [0.25, 0.3) is 5.56 Å². The van der Waals surface area contributed by atoms with Gasteiger partial charge in [0.05, 0.1) is 16.5 Å². The van der Waals surface area contributed by atoms with E-state index >= 15 is 0 Å². The predicted molar refractivity (Wildman–Crippen MR) is 56.7 cm³/mol. The standard InChI is InChI=1S/C9H6N2O3S/c12-7-5-2-1-4(8(13)14)3-6(5)10-9(15)11-7/h1-3H,(H,13,14)(H2,10,11,12,15). The fourth-order valence-corrected chi connectivity index (χ4v) is 1.51. The van der Waals surface area contributed by atoms with Gasteiger partial charge in [0.2, 0.25) is 0 Å². The van der Waals surface area contributed by atoms with Gasteiger partial charge in [-0.25, -0.2) is 4.79 Å². The Labute approximate surface area is 88.4 Å². The van der Waals surface area contributed by atoms with E-state index in [1.54, 1.807) is 0 Å². The molecule has 0 spiro atoms. The van der Waals surface area contributed by atoms with Crippen LogP contribution in [0.5, 0.6) is 0 Å². The van der Waals surface area contributed by atoms with Gasteiger partial charge in [0, 0.05) is 0 Å². The summed E-state index contributed by atoms with van der Waals surface area (Å²) in [5.41, 5.74) is 0.202. The van der Waals surface area contributed by atoms with Gasteiger partial charge in [-0.3, -0.25) is 9.78 Å². The predicted octanol–water partition coefficient (Wildman–Crippen LogP) is 1.28. The Bertz CT molecular complexity index is 656. The van der Waals surface area contributed by atoms with E-state index in [1.165, 1.54) is 18.2 Å². The van der Waals surface area contributed by atoms with Crippen molar-refractivity contribution in [1.82, 2.24) is 9.97 Å². The number of aromatic nitrogens is 2. The van der Waals surface area contributed by atoms with Crippen molar-refractivity contribution >= 4 is 29.1 Å². The van der Waals surface area contributed by atoms with E-state index in [1.807, 2.05) is 0 Å². The quantitative estimate of drug-likeness (QED) is 0.634. The first-order chi connectivity index (χ1) is 7.08. The molecule has 0 atom stereocenters. The summed E-state index contributed by atoms with van der Waals surface area (Å²) in [6.45, 7) is 0. The van der Waals surface area contributed by atoms with E-state index in [0.717, 1.165) is 0 Å². The largest absolute Gasteiger partial charge is 0.478 e. The van der Waals surface area contributed by atoms with Crippen molar-refractivity contribution in [3.63, 3.8) is 0 Å². The SMILES string of the molecule is O=C(O)c1ccc2c(=O)[nH]c(=S)[nH]c2c1. The van der Waals surface area contributed by atoms with Crippen molar-refractivity contribution in [2.24, 2.45) is 0 Å². The summed E-state index contributed by atoms with van der Waals surface area (Å²) in [4.78, 5) is 27.2. The molecule has 76 valence electrons. The Kier molecular flexibility index (Phi) is 2.12. The minimum atomic E-state index is -1.04. The minimum absolute atomic E-state index is 0.110. The number of aromatic carboxylic acids is 1. The first-order valence-corrected chi connectivity index (χ1v) is 4.48. The topological polar surface area (TPSA) is 85.9 Å². The fraction of sp³-hybridized carbons (Fsp3) is 0. The summed E-state index contributed by atoms with van der Waals surface area (Å²) >= 11 is 4.78. The number of hydrogen-bond acceptors (Lipinski definition) is 3. The lowest BCUT2D eigenvalue weighted by molar-refractivity contribution is 0.0697. The molecule has 1 heterocycles. The Hall–Kier alpha value is -1.95. The molecule has 6 heteroatoms. The molecule has 0 aliphatic rings. The molecule has 1 aromatic carbocycles. The summed E-state index contributed by atoms with van der Waals surface area (Å²) in [7, 11) is 0. The van der Waals surface area contributed by atoms with E-state index in [4.69, 9.17) is 17.3 Å². The lowest BCUT2D eigenvalue weighted by atomic mass is 10.1. The molecule has 0 aliphatic heterocycles. The first-order valence-electron chi connectivity index (χ1n) is 4.07. The highest BCUT2D eigenvalue weighted by Gasteiger charge is 2.05. The highest BCUT2D eigenvalue weighted by atomic mass is 32.1. The highest BCUT2D eigenvalue weighted by molar-refractivity contribution is 7.71. The molecule has 0 unspecified atom stereocenters. The lowest BCUT2D eigenvalue weighted by Gasteiger charge is -1.98. The number of aromatic amines is 2. The maximum Gasteiger partial charge on any atom is 0.335 e. The molecule has 0 bridgehead atoms. The highest BCUT2D eigenvalue weighted by Crippen LogP contribution is 2.09. The second-order valence-electron chi connectivity index (χ2n) is 2.97. The molecule has 5 nitrogen and oxygen atoms in total. The van der Waals surface area contributed by atoms with Crippen LogP contribution in [0.25, 0.3) is 10.9 Å². The molecule has 0 saturated heterocycles. The zero-order valence-corrected chi connectivity index (χ0v) is 8.22. The van der Waals surface area contributed by atoms with Gasteiger partial charge in [0.15, 0.2) is 4.77 Å². The monoisotopic (exact) mass is 222 g/mol. The van der Waals surface area contributed by atoms with Crippen LogP contribution in [0.4, 0.5) is 0 Å². The smallest absolute Gasteiger partial charge is 0.335 e. The zero-order valence-electron chi connectivity index (χ0n) is 7.40. The average molecular weight is 222 g/mol. The van der Waals surface area contributed by atoms with Crippen molar-refractivity contribution in [1.29, 1.82) is 0 Å². The molecule has 1 aromatic heterocycles. The van der Waals surface area contributed by atoms with Crippen molar-refractivity contribution < 1.29 is 9.90 Å². The third kappa shape index (κ3) is 1.66. The van der Waals surface area contributed by atoms with Gasteiger partial charge in [-0.05, 0) is 30.4 Å². The molecule has 0 radical (unpaired) electrons. The maximum atomic E-state index is 11.4. The maximum absolute atomic E-state index is 11.4. The number of hydrogen-bond donors (Lipinski definition) is 3. The normalized spacial score (nSPS) is 10.4. The third-order valence-electron chi connectivity index (χ3n) is 1.99. The number of carboxylic acid groups (broad SMARTS) is 1. The summed E-state index contributed by atoms with van der Waals surface area (Å²) in [5.74, 6) is -1.04. The molecule has 3 N–H and O–H groups in total. The van der Waals surface area contributed by atoms with E-state index in [2.05, 4.69) is 9.97 Å². The van der Waals surface area contributed by atoms with Gasteiger partial charge < -0.3 is 10.1 Å². The molecule has 0 aliphatic carbocycles. The van der Waals surface area contributed by atoms with Crippen LogP contribution in [0.3, 0.4) is 0 Å². The van der Waals surface area contributed by atoms with Crippen LogP contribution in [0.1, 0.15) is 10.4 Å². The molecule has 0 amide bonds. The summed E-state index contributed by atoms with van der Waals surface area (Å²) in [6.07, 6.45) is 0. The van der Waals surface area contributed by atoms with E-state index in [-0.39, 0.29) is 15.9 Å². The number of carboxylic acids is 1. The minimum Gasteiger partial charge on any atom is -0.478 e. The van der Waals surface area contributed by atoms with Crippen LogP contribution in [0, 0.1) is 4.77 Å². The van der Waals surface area contributed by atoms with Crippen molar-refractivity contribution in [3.05, 3.63) is 38.9 Å². The fourth-order valence-electron chi connectivity index (χ4n) is 1.30. The Balaban J connectivity index is 2.88. The molecule has 15 heavy (non-hydrogen) atoms. The number of nitrogens with one attached hydrogen (secondary N) is 2. The van der Waals surface area contributed by atoms with Crippen LogP contribution in [-0.2, 0) is 0 Å².